The summed E-state index contributed by atoms with van der Waals surface area (Å²) in [5.74, 6) is -0.161. The molecule has 0 aliphatic heterocycles. The molecule has 0 aliphatic carbocycles. The maximum atomic E-state index is 14.0. The minimum absolute atomic E-state index is 0.0291. The second-order valence-corrected chi connectivity index (χ2v) is 9.74. The van der Waals surface area contributed by atoms with Crippen LogP contribution in [0.4, 0.5) is 10.1 Å². The number of halogens is 2. The van der Waals surface area contributed by atoms with Gasteiger partial charge in [-0.2, -0.15) is 9.78 Å². The third-order valence-electron chi connectivity index (χ3n) is 6.49. The van der Waals surface area contributed by atoms with Crippen LogP contribution in [0.3, 0.4) is 0 Å². The smallest absolute Gasteiger partial charge is 0.282 e. The first-order valence-electron chi connectivity index (χ1n) is 13.0. The number of anilines is 1. The lowest BCUT2D eigenvalue weighted by molar-refractivity contribution is -0.118. The van der Waals surface area contributed by atoms with E-state index < -0.39 is 23.9 Å². The quantitative estimate of drug-likeness (QED) is 0.201. The van der Waals surface area contributed by atoms with Crippen LogP contribution in [0.2, 0.25) is 5.02 Å². The van der Waals surface area contributed by atoms with Crippen molar-refractivity contribution >= 4 is 51.3 Å². The summed E-state index contributed by atoms with van der Waals surface area (Å²) >= 11 is 6.16. The molecule has 0 unspecified atom stereocenters. The van der Waals surface area contributed by atoms with Gasteiger partial charge in [-0.1, -0.05) is 41.9 Å². The largest absolute Gasteiger partial charge is 0.493 e. The number of nitrogens with zero attached hydrogens (tertiary/aromatic N) is 3. The predicted octanol–water partition coefficient (Wildman–Crippen LogP) is 6.51. The molecule has 0 atom stereocenters. The van der Waals surface area contributed by atoms with E-state index in [0.29, 0.717) is 38.6 Å². The molecule has 0 saturated heterocycles. The van der Waals surface area contributed by atoms with Gasteiger partial charge in [-0.05, 0) is 60.7 Å². The number of benzene rings is 4. The topological polar surface area (TPSA) is 108 Å². The average molecular weight is 597 g/mol. The second kappa shape index (κ2) is 11.8. The van der Waals surface area contributed by atoms with Crippen molar-refractivity contribution in [3.63, 3.8) is 0 Å². The maximum Gasteiger partial charge on any atom is 0.282 e. The van der Waals surface area contributed by atoms with Gasteiger partial charge in [-0.25, -0.2) is 9.37 Å². The summed E-state index contributed by atoms with van der Waals surface area (Å²) < 4.78 is 32.4. The number of rotatable bonds is 8. The van der Waals surface area contributed by atoms with E-state index in [1.807, 2.05) is 0 Å². The van der Waals surface area contributed by atoms with Crippen LogP contribution >= 0.6 is 11.6 Å². The number of furan rings is 1. The number of carbonyl (C=O) groups excluding carboxylic acids is 1. The number of hydrogen-bond acceptors (Lipinski definition) is 7. The van der Waals surface area contributed by atoms with Gasteiger partial charge >= 0.3 is 0 Å². The van der Waals surface area contributed by atoms with Crippen LogP contribution in [0.5, 0.6) is 11.5 Å². The summed E-state index contributed by atoms with van der Waals surface area (Å²) in [6.45, 7) is -0.445. The summed E-state index contributed by atoms with van der Waals surface area (Å²) in [7, 11) is 1.45. The van der Waals surface area contributed by atoms with Crippen LogP contribution in [0.25, 0.3) is 33.5 Å². The Kier molecular flexibility index (Phi) is 7.59. The molecule has 9 nitrogen and oxygen atoms in total. The number of ether oxygens (including phenoxy) is 2. The Labute approximate surface area is 248 Å². The SMILES string of the molecule is COc1cccc(C=Nn2c(-c3cc4cc(Cl)ccc4o3)nc3ccccc3c2=O)c1OCC(=O)Nc1ccccc1F. The molecule has 0 fully saturated rings. The van der Waals surface area contributed by atoms with Gasteiger partial charge in [0.15, 0.2) is 23.9 Å². The molecular formula is C32H22ClFN4O5. The summed E-state index contributed by atoms with van der Waals surface area (Å²) in [5.41, 5.74) is 1.04. The van der Waals surface area contributed by atoms with E-state index in [9.17, 15) is 14.0 Å². The van der Waals surface area contributed by atoms with Crippen LogP contribution in [-0.2, 0) is 4.79 Å². The highest BCUT2D eigenvalue weighted by Crippen LogP contribution is 2.31. The number of hydrogen-bond donors (Lipinski definition) is 1. The lowest BCUT2D eigenvalue weighted by atomic mass is 10.2. The van der Waals surface area contributed by atoms with Gasteiger partial charge in [-0.15, -0.1) is 0 Å². The molecule has 4 aromatic carbocycles. The van der Waals surface area contributed by atoms with Gasteiger partial charge in [0.05, 0.1) is 29.9 Å². The van der Waals surface area contributed by atoms with Gasteiger partial charge in [0, 0.05) is 16.0 Å². The van der Waals surface area contributed by atoms with Gasteiger partial charge in [0.2, 0.25) is 5.82 Å². The molecule has 0 bridgehead atoms. The van der Waals surface area contributed by atoms with E-state index in [1.54, 1.807) is 72.8 Å². The van der Waals surface area contributed by atoms with Crippen molar-refractivity contribution in [2.24, 2.45) is 5.10 Å². The predicted molar refractivity (Wildman–Crippen MR) is 163 cm³/mol. The average Bonchev–Trinajstić information content (AvgIpc) is 3.44. The first kappa shape index (κ1) is 27.7. The van der Waals surface area contributed by atoms with Crippen LogP contribution < -0.4 is 20.3 Å². The number of para-hydroxylation sites is 3. The summed E-state index contributed by atoms with van der Waals surface area (Å²) in [5, 5.41) is 8.58. The van der Waals surface area contributed by atoms with Gasteiger partial charge in [0.25, 0.3) is 11.5 Å². The molecule has 0 radical (unpaired) electrons. The van der Waals surface area contributed by atoms with Crippen molar-refractivity contribution in [1.29, 1.82) is 0 Å². The van der Waals surface area contributed by atoms with Crippen molar-refractivity contribution in [2.75, 3.05) is 19.0 Å². The van der Waals surface area contributed by atoms with E-state index in [4.69, 9.17) is 25.5 Å². The van der Waals surface area contributed by atoms with Crippen LogP contribution in [0.15, 0.2) is 105 Å². The van der Waals surface area contributed by atoms with Gasteiger partial charge < -0.3 is 19.2 Å². The van der Waals surface area contributed by atoms with Crippen molar-refractivity contribution in [1.82, 2.24) is 9.66 Å². The fourth-order valence-corrected chi connectivity index (χ4v) is 4.65. The van der Waals surface area contributed by atoms with Crippen molar-refractivity contribution in [2.45, 2.75) is 0 Å². The number of aromatic nitrogens is 2. The lowest BCUT2D eigenvalue weighted by Gasteiger charge is -2.13. The molecule has 0 aliphatic rings. The number of amides is 1. The van der Waals surface area contributed by atoms with E-state index in [0.717, 1.165) is 10.1 Å². The zero-order valence-corrected chi connectivity index (χ0v) is 23.3. The van der Waals surface area contributed by atoms with Crippen molar-refractivity contribution in [3.05, 3.63) is 118 Å². The van der Waals surface area contributed by atoms with E-state index in [-0.39, 0.29) is 17.3 Å². The molecule has 0 saturated carbocycles. The van der Waals surface area contributed by atoms with Crippen molar-refractivity contribution < 1.29 is 23.1 Å². The maximum absolute atomic E-state index is 14.0. The van der Waals surface area contributed by atoms with E-state index in [1.165, 1.54) is 31.5 Å². The zero-order valence-electron chi connectivity index (χ0n) is 22.6. The fourth-order valence-electron chi connectivity index (χ4n) is 4.47. The molecule has 2 heterocycles. The summed E-state index contributed by atoms with van der Waals surface area (Å²) in [4.78, 5) is 30.9. The van der Waals surface area contributed by atoms with Crippen LogP contribution in [0.1, 0.15) is 5.56 Å². The minimum Gasteiger partial charge on any atom is -0.493 e. The third kappa shape index (κ3) is 5.68. The summed E-state index contributed by atoms with van der Waals surface area (Å²) in [6, 6.07) is 24.7. The molecule has 0 spiro atoms. The van der Waals surface area contributed by atoms with Crippen LogP contribution in [0, 0.1) is 5.82 Å². The van der Waals surface area contributed by atoms with Crippen molar-refractivity contribution in [3.8, 4) is 23.1 Å². The third-order valence-corrected chi connectivity index (χ3v) is 6.72. The number of methoxy groups -OCH3 is 1. The lowest BCUT2D eigenvalue weighted by Crippen LogP contribution is -2.21. The number of fused-ring (bicyclic) bond motifs is 2. The zero-order chi connectivity index (χ0) is 29.9. The molecule has 6 aromatic rings. The number of carbonyl (C=O) groups is 1. The normalized spacial score (nSPS) is 11.3. The Morgan fingerprint density at radius 2 is 1.88 bits per heavy atom. The molecule has 43 heavy (non-hydrogen) atoms. The molecule has 2 aromatic heterocycles. The molecule has 11 heteroatoms. The monoisotopic (exact) mass is 596 g/mol. The fraction of sp³-hybridized carbons (Fsp3) is 0.0625. The Bertz CT molecular complexity index is 2090. The van der Waals surface area contributed by atoms with E-state index in [2.05, 4.69) is 15.4 Å². The Balaban J connectivity index is 1.38. The highest BCUT2D eigenvalue weighted by molar-refractivity contribution is 6.31. The highest BCUT2D eigenvalue weighted by atomic mass is 35.5. The number of nitrogens with one attached hydrogen (secondary N) is 1. The Morgan fingerprint density at radius 1 is 1.07 bits per heavy atom. The first-order chi connectivity index (χ1) is 20.9. The molecule has 1 amide bonds. The summed E-state index contributed by atoms with van der Waals surface area (Å²) in [6.07, 6.45) is 1.40. The van der Waals surface area contributed by atoms with Crippen LogP contribution in [-0.4, -0.2) is 35.5 Å². The standard InChI is InChI=1S/C32H22ClFN4O5/c1-41-27-12-6-7-19(30(27)42-18-29(39)36-25-11-5-3-9-23(25)34)17-35-38-31(37-24-10-4-2-8-22(24)32(38)40)28-16-20-15-21(33)13-14-26(20)43-28/h2-17H,18H2,1H3,(H,36,39). The van der Waals surface area contributed by atoms with Gasteiger partial charge in [-0.3, -0.25) is 9.59 Å². The Morgan fingerprint density at radius 3 is 2.72 bits per heavy atom. The minimum atomic E-state index is -0.582. The first-order valence-corrected chi connectivity index (χ1v) is 13.4. The van der Waals surface area contributed by atoms with Gasteiger partial charge in [0.1, 0.15) is 11.4 Å². The molecule has 6 rings (SSSR count). The molecule has 214 valence electrons. The molecule has 1 N–H and O–H groups in total. The Hall–Kier alpha value is -5.48. The van der Waals surface area contributed by atoms with E-state index >= 15 is 0 Å². The second-order valence-electron chi connectivity index (χ2n) is 9.30. The molecular weight excluding hydrogens is 575 g/mol. The highest BCUT2D eigenvalue weighted by Gasteiger charge is 2.18.